The van der Waals surface area contributed by atoms with Crippen LogP contribution < -0.4 is 0 Å². The maximum atomic E-state index is 4.51. The van der Waals surface area contributed by atoms with E-state index in [4.69, 9.17) is 0 Å². The van der Waals surface area contributed by atoms with E-state index in [9.17, 15) is 0 Å². The number of hydrogen-bond donors (Lipinski definition) is 0. The van der Waals surface area contributed by atoms with Gasteiger partial charge in [-0.05, 0) is 17.0 Å². The van der Waals surface area contributed by atoms with Crippen molar-refractivity contribution in [3.05, 3.63) is 85.2 Å². The minimum atomic E-state index is 0. The molecule has 0 amide bonds. The van der Waals surface area contributed by atoms with Gasteiger partial charge in [0.2, 0.25) is 0 Å². The number of imidazole rings is 1. The average Bonchev–Trinajstić information content (AvgIpc) is 3.12. The van der Waals surface area contributed by atoms with Crippen LogP contribution in [0.4, 0.5) is 0 Å². The third-order valence-electron chi connectivity index (χ3n) is 4.32. The van der Waals surface area contributed by atoms with Gasteiger partial charge >= 0.3 is 0 Å². The molecule has 5 aromatic rings. The molecule has 120 valence electrons. The van der Waals surface area contributed by atoms with Gasteiger partial charge in [0.05, 0.1) is 5.65 Å². The van der Waals surface area contributed by atoms with Gasteiger partial charge in [-0.1, -0.05) is 17.5 Å². The summed E-state index contributed by atoms with van der Waals surface area (Å²) in [5, 5.41) is 3.46. The molecule has 0 saturated heterocycles. The Morgan fingerprint density at radius 3 is 2.56 bits per heavy atom. The Balaban J connectivity index is 0.000000911. The fourth-order valence-electron chi connectivity index (χ4n) is 3.25. The van der Waals surface area contributed by atoms with Gasteiger partial charge in [0, 0.05) is 79.3 Å². The number of nitrogens with zero attached hydrogens (tertiary/aromatic N) is 2. The first-order valence-electron chi connectivity index (χ1n) is 7.57. The molecule has 0 unspecified atom stereocenters. The van der Waals surface area contributed by atoms with E-state index in [1.54, 1.807) is 0 Å². The Hall–Kier alpha value is -1.12. The second-order valence-electron chi connectivity index (χ2n) is 5.60. The van der Waals surface area contributed by atoms with E-state index in [-0.39, 0.29) is 61.4 Å². The summed E-state index contributed by atoms with van der Waals surface area (Å²) in [4.78, 5) is 4.51. The SMILES string of the molecule is [Ir].[Pr].[c-]1ccc(-c2ccc3c(c2)c2ccc[c-]c2c2nccn32)cc1. The summed E-state index contributed by atoms with van der Waals surface area (Å²) in [7, 11) is 0. The van der Waals surface area contributed by atoms with Crippen LogP contribution in [-0.2, 0) is 20.1 Å². The summed E-state index contributed by atoms with van der Waals surface area (Å²) in [5.74, 6) is 0. The summed E-state index contributed by atoms with van der Waals surface area (Å²) in [5.41, 5.74) is 4.52. The van der Waals surface area contributed by atoms with Gasteiger partial charge in [0.25, 0.3) is 0 Å². The van der Waals surface area contributed by atoms with E-state index < -0.39 is 0 Å². The minimum Gasteiger partial charge on any atom is -0.340 e. The molecule has 0 aliphatic rings. The van der Waals surface area contributed by atoms with Crippen LogP contribution in [0.1, 0.15) is 0 Å². The molecule has 5 rings (SSSR count). The normalized spacial score (nSPS) is 10.6. The van der Waals surface area contributed by atoms with Crippen molar-refractivity contribution >= 4 is 27.3 Å². The minimum absolute atomic E-state index is 0. The predicted octanol–water partition coefficient (Wildman–Crippen LogP) is 4.91. The second-order valence-corrected chi connectivity index (χ2v) is 5.60. The molecule has 25 heavy (non-hydrogen) atoms. The second kappa shape index (κ2) is 7.64. The number of rotatable bonds is 1. The molecule has 3 aromatic carbocycles. The van der Waals surface area contributed by atoms with Crippen molar-refractivity contribution in [3.63, 3.8) is 0 Å². The summed E-state index contributed by atoms with van der Waals surface area (Å²) < 4.78 is 2.14. The summed E-state index contributed by atoms with van der Waals surface area (Å²) in [6.45, 7) is 0. The van der Waals surface area contributed by atoms with Gasteiger partial charge in [-0.3, -0.25) is 4.98 Å². The van der Waals surface area contributed by atoms with Crippen LogP contribution in [0.2, 0.25) is 0 Å². The van der Waals surface area contributed by atoms with Gasteiger partial charge < -0.3 is 4.40 Å². The molecule has 0 spiro atoms. The van der Waals surface area contributed by atoms with Crippen LogP contribution in [0.5, 0.6) is 0 Å². The number of hydrogen-bond acceptors (Lipinski definition) is 1. The van der Waals surface area contributed by atoms with Crippen molar-refractivity contribution in [2.24, 2.45) is 0 Å². The van der Waals surface area contributed by atoms with E-state index in [0.717, 1.165) is 16.6 Å². The zero-order valence-electron chi connectivity index (χ0n) is 13.2. The average molecular weight is 625 g/mol. The van der Waals surface area contributed by atoms with Crippen LogP contribution in [0, 0.1) is 53.4 Å². The maximum absolute atomic E-state index is 4.51. The third kappa shape index (κ3) is 3.08. The summed E-state index contributed by atoms with van der Waals surface area (Å²) >= 11 is 0. The third-order valence-corrected chi connectivity index (χ3v) is 4.32. The van der Waals surface area contributed by atoms with Crippen molar-refractivity contribution in [2.45, 2.75) is 0 Å². The van der Waals surface area contributed by atoms with E-state index in [1.807, 2.05) is 36.7 Å². The fraction of sp³-hybridized carbons (Fsp3) is 0. The van der Waals surface area contributed by atoms with Crippen LogP contribution >= 0.6 is 0 Å². The summed E-state index contributed by atoms with van der Waals surface area (Å²) in [6.07, 6.45) is 3.85. The van der Waals surface area contributed by atoms with Crippen LogP contribution in [-0.4, -0.2) is 9.38 Å². The smallest absolute Gasteiger partial charge is 0.0608 e. The quantitative estimate of drug-likeness (QED) is 0.192. The zero-order chi connectivity index (χ0) is 15.2. The van der Waals surface area contributed by atoms with Crippen LogP contribution in [0.25, 0.3) is 38.4 Å². The first-order chi connectivity index (χ1) is 11.4. The van der Waals surface area contributed by atoms with Crippen molar-refractivity contribution in [2.75, 3.05) is 0 Å². The van der Waals surface area contributed by atoms with E-state index in [1.165, 1.54) is 21.9 Å². The van der Waals surface area contributed by atoms with Crippen molar-refractivity contribution < 1.29 is 61.4 Å². The molecule has 0 aliphatic heterocycles. The molecule has 2 heterocycles. The molecule has 0 fully saturated rings. The fourth-order valence-corrected chi connectivity index (χ4v) is 3.25. The van der Waals surface area contributed by atoms with Crippen LogP contribution in [0.3, 0.4) is 0 Å². The summed E-state index contributed by atoms with van der Waals surface area (Å²) in [6, 6.07) is 27.2. The Labute approximate surface area is 192 Å². The number of benzene rings is 3. The first-order valence-corrected chi connectivity index (χ1v) is 7.57. The van der Waals surface area contributed by atoms with Gasteiger partial charge in [-0.15, -0.1) is 35.2 Å². The zero-order valence-corrected chi connectivity index (χ0v) is 19.3. The largest absolute Gasteiger partial charge is 0.340 e. The molecule has 0 atom stereocenters. The Kier molecular flexibility index (Phi) is 5.70. The van der Waals surface area contributed by atoms with E-state index in [2.05, 4.69) is 57.9 Å². The Bertz CT molecular complexity index is 1170. The standard InChI is InChI=1S/C21H12N2.Ir.Pr/c1-2-6-15(7-3-1)16-10-11-20-19(14-16)17-8-4-5-9-18(17)21-22-12-13-23(20)21;;/h2-8,10-14H;;/q-2;;. The van der Waals surface area contributed by atoms with Crippen molar-refractivity contribution in [1.82, 2.24) is 9.38 Å². The molecular formula is C21H12IrN2Pr-2. The molecule has 2 nitrogen and oxygen atoms in total. The molecule has 0 bridgehead atoms. The monoisotopic (exact) mass is 626 g/mol. The Morgan fingerprint density at radius 1 is 0.880 bits per heavy atom. The number of fused-ring (bicyclic) bond motifs is 6. The molecule has 4 heteroatoms. The van der Waals surface area contributed by atoms with Crippen molar-refractivity contribution in [3.8, 4) is 11.1 Å². The van der Waals surface area contributed by atoms with Gasteiger partial charge in [0.15, 0.2) is 0 Å². The van der Waals surface area contributed by atoms with Gasteiger partial charge in [-0.25, -0.2) is 0 Å². The molecular weight excluding hydrogens is 613 g/mol. The van der Waals surface area contributed by atoms with Gasteiger partial charge in [-0.2, -0.15) is 30.3 Å². The van der Waals surface area contributed by atoms with E-state index in [0.29, 0.717) is 0 Å². The topological polar surface area (TPSA) is 17.3 Å². The van der Waals surface area contributed by atoms with E-state index >= 15 is 0 Å². The molecule has 0 aliphatic carbocycles. The number of aromatic nitrogens is 2. The van der Waals surface area contributed by atoms with Gasteiger partial charge in [0.1, 0.15) is 0 Å². The maximum Gasteiger partial charge on any atom is 0.0608 e. The molecule has 2 aromatic heterocycles. The first kappa shape index (κ1) is 18.7. The Morgan fingerprint density at radius 2 is 1.72 bits per heavy atom. The van der Waals surface area contributed by atoms with Crippen molar-refractivity contribution in [1.29, 1.82) is 0 Å². The van der Waals surface area contributed by atoms with Crippen LogP contribution in [0.15, 0.2) is 73.1 Å². The molecule has 2 radical (unpaired) electrons. The predicted molar refractivity (Wildman–Crippen MR) is 93.3 cm³/mol. The number of pyridine rings is 1. The molecule has 0 saturated carbocycles. The molecule has 0 N–H and O–H groups in total.